The third-order valence-electron chi connectivity index (χ3n) is 2.65. The maximum absolute atomic E-state index is 11.8. The number of nitrogens with one attached hydrogen (secondary N) is 2. The van der Waals surface area contributed by atoms with E-state index in [0.29, 0.717) is 28.9 Å². The molecule has 1 aromatic rings. The van der Waals surface area contributed by atoms with Crippen LogP contribution in [0.5, 0.6) is 11.5 Å². The third-order valence-corrected chi connectivity index (χ3v) is 3.54. The molecule has 1 aliphatic rings. The van der Waals surface area contributed by atoms with Crippen LogP contribution in [-0.4, -0.2) is 43.5 Å². The predicted molar refractivity (Wildman–Crippen MR) is 81.1 cm³/mol. The molecule has 112 valence electrons. The molecule has 21 heavy (non-hydrogen) atoms. The van der Waals surface area contributed by atoms with Crippen LogP contribution in [0.1, 0.15) is 0 Å². The highest BCUT2D eigenvalue weighted by atomic mass is 32.2. The van der Waals surface area contributed by atoms with Crippen LogP contribution in [0.4, 0.5) is 5.69 Å². The molecule has 0 spiro atoms. The molecule has 2 amide bonds. The molecule has 1 aromatic carbocycles. The normalized spacial score (nSPS) is 13.3. The van der Waals surface area contributed by atoms with E-state index in [1.165, 1.54) is 26.0 Å². The van der Waals surface area contributed by atoms with Crippen LogP contribution in [0.3, 0.4) is 0 Å². The third kappa shape index (κ3) is 3.88. The zero-order chi connectivity index (χ0) is 15.2. The number of carbonyl (C=O) groups is 2. The van der Waals surface area contributed by atoms with Crippen molar-refractivity contribution < 1.29 is 19.1 Å². The van der Waals surface area contributed by atoms with Crippen molar-refractivity contribution in [3.63, 3.8) is 0 Å². The molecule has 2 rings (SSSR count). The standard InChI is InChI=1S/C13H15N3O4S/c1-19-9-4-3-8(7-10(9)20-2)15-11(17)12(18)16-13-14-5-6-21-13/h3-4,7H,5-6H2,1-2H3,(H,15,17)(H,14,16,18). The van der Waals surface area contributed by atoms with E-state index >= 15 is 0 Å². The maximum atomic E-state index is 11.8. The molecular formula is C13H15N3O4S. The number of thioether (sulfide) groups is 1. The summed E-state index contributed by atoms with van der Waals surface area (Å²) in [7, 11) is 3.01. The first kappa shape index (κ1) is 15.2. The fourth-order valence-corrected chi connectivity index (χ4v) is 2.39. The molecule has 7 nitrogen and oxygen atoms in total. The van der Waals surface area contributed by atoms with Crippen molar-refractivity contribution >= 4 is 34.4 Å². The van der Waals surface area contributed by atoms with Gasteiger partial charge in [-0.1, -0.05) is 11.8 Å². The van der Waals surface area contributed by atoms with Crippen molar-refractivity contribution in [3.05, 3.63) is 18.2 Å². The van der Waals surface area contributed by atoms with Gasteiger partial charge in [-0.2, -0.15) is 0 Å². The Morgan fingerprint density at radius 1 is 1.14 bits per heavy atom. The summed E-state index contributed by atoms with van der Waals surface area (Å²) < 4.78 is 10.2. The summed E-state index contributed by atoms with van der Waals surface area (Å²) in [5, 5.41) is 5.42. The lowest BCUT2D eigenvalue weighted by atomic mass is 10.2. The fraction of sp³-hybridized carbons (Fsp3) is 0.308. The zero-order valence-corrected chi connectivity index (χ0v) is 12.5. The molecule has 0 unspecified atom stereocenters. The molecule has 1 aliphatic heterocycles. The molecule has 0 saturated heterocycles. The number of aliphatic imine (C=N–C) groups is 1. The summed E-state index contributed by atoms with van der Waals surface area (Å²) in [5.41, 5.74) is 0.439. The van der Waals surface area contributed by atoms with Crippen LogP contribution in [0.2, 0.25) is 0 Å². The van der Waals surface area contributed by atoms with Gasteiger partial charge in [0.15, 0.2) is 16.7 Å². The number of ether oxygens (including phenoxy) is 2. The number of benzene rings is 1. The smallest absolute Gasteiger partial charge is 0.315 e. The number of hydrogen-bond acceptors (Lipinski definition) is 6. The summed E-state index contributed by atoms with van der Waals surface area (Å²) >= 11 is 1.41. The lowest BCUT2D eigenvalue weighted by Crippen LogP contribution is -2.37. The highest BCUT2D eigenvalue weighted by Gasteiger charge is 2.18. The predicted octanol–water partition coefficient (Wildman–Crippen LogP) is 0.861. The average Bonchev–Trinajstić information content (AvgIpc) is 2.99. The first-order chi connectivity index (χ1) is 10.1. The van der Waals surface area contributed by atoms with Crippen molar-refractivity contribution in [1.82, 2.24) is 5.32 Å². The van der Waals surface area contributed by atoms with Gasteiger partial charge in [0.1, 0.15) is 0 Å². The van der Waals surface area contributed by atoms with Crippen molar-refractivity contribution in [2.45, 2.75) is 0 Å². The Morgan fingerprint density at radius 3 is 2.48 bits per heavy atom. The van der Waals surface area contributed by atoms with E-state index in [4.69, 9.17) is 9.47 Å². The molecule has 0 atom stereocenters. The summed E-state index contributed by atoms with van der Waals surface area (Å²) in [6.07, 6.45) is 0. The SMILES string of the molecule is COc1ccc(NC(=O)C(=O)NC2=NCCS2)cc1OC. The van der Waals surface area contributed by atoms with Gasteiger partial charge >= 0.3 is 11.8 Å². The van der Waals surface area contributed by atoms with Gasteiger partial charge in [0, 0.05) is 17.5 Å². The summed E-state index contributed by atoms with van der Waals surface area (Å²) in [6.45, 7) is 0.650. The Balaban J connectivity index is 2.00. The second-order valence-corrected chi connectivity index (χ2v) is 5.10. The van der Waals surface area contributed by atoms with Gasteiger partial charge < -0.3 is 14.8 Å². The average molecular weight is 309 g/mol. The first-order valence-electron chi connectivity index (χ1n) is 6.15. The van der Waals surface area contributed by atoms with Crippen LogP contribution in [0.25, 0.3) is 0 Å². The zero-order valence-electron chi connectivity index (χ0n) is 11.6. The fourth-order valence-electron chi connectivity index (χ4n) is 1.67. The van der Waals surface area contributed by atoms with Gasteiger partial charge in [0.25, 0.3) is 0 Å². The van der Waals surface area contributed by atoms with E-state index in [-0.39, 0.29) is 0 Å². The Bertz CT molecular complexity index is 589. The second kappa shape index (κ2) is 6.98. The minimum absolute atomic E-state index is 0.439. The van der Waals surface area contributed by atoms with Crippen molar-refractivity contribution in [3.8, 4) is 11.5 Å². The quantitative estimate of drug-likeness (QED) is 0.809. The molecule has 0 aliphatic carbocycles. The van der Waals surface area contributed by atoms with E-state index in [0.717, 1.165) is 5.75 Å². The second-order valence-electron chi connectivity index (χ2n) is 4.01. The molecule has 0 aromatic heterocycles. The number of methoxy groups -OCH3 is 2. The number of nitrogens with zero attached hydrogens (tertiary/aromatic N) is 1. The maximum Gasteiger partial charge on any atom is 0.315 e. The van der Waals surface area contributed by atoms with Gasteiger partial charge in [-0.05, 0) is 12.1 Å². The van der Waals surface area contributed by atoms with Crippen LogP contribution in [-0.2, 0) is 9.59 Å². The summed E-state index contributed by atoms with van der Waals surface area (Å²) in [4.78, 5) is 27.5. The molecule has 8 heteroatoms. The van der Waals surface area contributed by atoms with E-state index in [2.05, 4.69) is 15.6 Å². The number of amidine groups is 1. The molecule has 2 N–H and O–H groups in total. The van der Waals surface area contributed by atoms with E-state index in [9.17, 15) is 9.59 Å². The largest absolute Gasteiger partial charge is 0.493 e. The van der Waals surface area contributed by atoms with Crippen molar-refractivity contribution in [2.24, 2.45) is 4.99 Å². The number of hydrogen-bond donors (Lipinski definition) is 2. The molecule has 1 heterocycles. The number of anilines is 1. The van der Waals surface area contributed by atoms with Crippen LogP contribution >= 0.6 is 11.8 Å². The van der Waals surface area contributed by atoms with Crippen LogP contribution in [0, 0.1) is 0 Å². The highest BCUT2D eigenvalue weighted by molar-refractivity contribution is 8.14. The van der Waals surface area contributed by atoms with E-state index in [1.807, 2.05) is 0 Å². The number of amides is 2. The van der Waals surface area contributed by atoms with E-state index in [1.54, 1.807) is 18.2 Å². The van der Waals surface area contributed by atoms with Crippen LogP contribution in [0.15, 0.2) is 23.2 Å². The Kier molecular flexibility index (Phi) is 5.04. The molecule has 0 bridgehead atoms. The van der Waals surface area contributed by atoms with Crippen LogP contribution < -0.4 is 20.1 Å². The minimum atomic E-state index is -0.766. The van der Waals surface area contributed by atoms with E-state index < -0.39 is 11.8 Å². The summed E-state index contributed by atoms with van der Waals surface area (Å²) in [6, 6.07) is 4.84. The molecule has 0 radical (unpaired) electrons. The van der Waals surface area contributed by atoms with Gasteiger partial charge in [-0.15, -0.1) is 0 Å². The Morgan fingerprint density at radius 2 is 1.86 bits per heavy atom. The van der Waals surface area contributed by atoms with Gasteiger partial charge in [-0.3, -0.25) is 19.9 Å². The monoisotopic (exact) mass is 309 g/mol. The van der Waals surface area contributed by atoms with Crippen molar-refractivity contribution in [1.29, 1.82) is 0 Å². The van der Waals surface area contributed by atoms with Crippen molar-refractivity contribution in [2.75, 3.05) is 31.8 Å². The minimum Gasteiger partial charge on any atom is -0.493 e. The molecule has 0 fully saturated rings. The lowest BCUT2D eigenvalue weighted by Gasteiger charge is -2.10. The number of rotatable bonds is 3. The van der Waals surface area contributed by atoms with Gasteiger partial charge in [0.2, 0.25) is 0 Å². The van der Waals surface area contributed by atoms with Gasteiger partial charge in [0.05, 0.1) is 20.8 Å². The highest BCUT2D eigenvalue weighted by Crippen LogP contribution is 2.29. The molecule has 0 saturated carbocycles. The number of carbonyl (C=O) groups excluding carboxylic acids is 2. The topological polar surface area (TPSA) is 89.0 Å². The Hall–Kier alpha value is -2.22. The first-order valence-corrected chi connectivity index (χ1v) is 7.14. The molecular weight excluding hydrogens is 294 g/mol. The Labute approximate surface area is 126 Å². The lowest BCUT2D eigenvalue weighted by molar-refractivity contribution is -0.135. The summed E-state index contributed by atoms with van der Waals surface area (Å²) in [5.74, 6) is 0.297. The van der Waals surface area contributed by atoms with Gasteiger partial charge in [-0.25, -0.2) is 0 Å².